The predicted octanol–water partition coefficient (Wildman–Crippen LogP) is 5.43. The van der Waals surface area contributed by atoms with E-state index in [2.05, 4.69) is 17.4 Å². The number of fused-ring (bicyclic) bond motifs is 3. The van der Waals surface area contributed by atoms with Gasteiger partial charge in [0.2, 0.25) is 0 Å². The van der Waals surface area contributed by atoms with Crippen molar-refractivity contribution in [3.63, 3.8) is 0 Å². The summed E-state index contributed by atoms with van der Waals surface area (Å²) in [7, 11) is 0. The fourth-order valence-corrected chi connectivity index (χ4v) is 3.76. The zero-order valence-corrected chi connectivity index (χ0v) is 13.9. The molecular weight excluding hydrogens is 298 g/mol. The third-order valence-electron chi connectivity index (χ3n) is 5.09. The third kappa shape index (κ3) is 3.03. The van der Waals surface area contributed by atoms with E-state index in [1.165, 1.54) is 32.1 Å². The van der Waals surface area contributed by atoms with Gasteiger partial charge in [0.05, 0.1) is 0 Å². The standard InChI is InChI=1S/C21H23NO2/c23-21(22-16-9-4-2-1-3-5-10-16)20-14-18-17-11-7-6-8-15(17)12-13-19(18)24-20/h6-8,11-14,16H,1-5,9-10H2,(H,22,23). The summed E-state index contributed by atoms with van der Waals surface area (Å²) >= 11 is 0. The van der Waals surface area contributed by atoms with Crippen molar-refractivity contribution in [2.24, 2.45) is 0 Å². The summed E-state index contributed by atoms with van der Waals surface area (Å²) in [5, 5.41) is 6.48. The van der Waals surface area contributed by atoms with Gasteiger partial charge in [-0.3, -0.25) is 4.79 Å². The first-order valence-electron chi connectivity index (χ1n) is 9.03. The number of carbonyl (C=O) groups excluding carboxylic acids is 1. The van der Waals surface area contributed by atoms with Crippen LogP contribution in [0.1, 0.15) is 55.5 Å². The summed E-state index contributed by atoms with van der Waals surface area (Å²) in [6.07, 6.45) is 8.46. The van der Waals surface area contributed by atoms with Crippen LogP contribution in [-0.2, 0) is 0 Å². The number of carbonyl (C=O) groups is 1. The van der Waals surface area contributed by atoms with Gasteiger partial charge < -0.3 is 9.73 Å². The molecular formula is C21H23NO2. The quantitative estimate of drug-likeness (QED) is 0.684. The molecule has 1 saturated carbocycles. The minimum absolute atomic E-state index is 0.0825. The normalized spacial score (nSPS) is 16.8. The maximum atomic E-state index is 12.6. The van der Waals surface area contributed by atoms with Crippen molar-refractivity contribution in [2.45, 2.75) is 51.0 Å². The minimum atomic E-state index is -0.0825. The number of benzene rings is 2. The van der Waals surface area contributed by atoms with Crippen molar-refractivity contribution in [2.75, 3.05) is 0 Å². The smallest absolute Gasteiger partial charge is 0.287 e. The molecule has 1 aliphatic rings. The maximum Gasteiger partial charge on any atom is 0.287 e. The van der Waals surface area contributed by atoms with Crippen LogP contribution in [0.5, 0.6) is 0 Å². The van der Waals surface area contributed by atoms with Gasteiger partial charge >= 0.3 is 0 Å². The Kier molecular flexibility index (Phi) is 4.24. The molecule has 124 valence electrons. The summed E-state index contributed by atoms with van der Waals surface area (Å²) in [6.45, 7) is 0. The van der Waals surface area contributed by atoms with E-state index in [4.69, 9.17) is 4.42 Å². The van der Waals surface area contributed by atoms with Crippen LogP contribution in [0, 0.1) is 0 Å². The van der Waals surface area contributed by atoms with Crippen LogP contribution >= 0.6 is 0 Å². The second kappa shape index (κ2) is 6.68. The summed E-state index contributed by atoms with van der Waals surface area (Å²) in [5.41, 5.74) is 0.775. The van der Waals surface area contributed by atoms with Crippen LogP contribution in [0.4, 0.5) is 0 Å². The van der Waals surface area contributed by atoms with Crippen molar-refractivity contribution < 1.29 is 9.21 Å². The Morgan fingerprint density at radius 2 is 1.67 bits per heavy atom. The molecule has 4 rings (SSSR count). The predicted molar refractivity (Wildman–Crippen MR) is 97.3 cm³/mol. The maximum absolute atomic E-state index is 12.6. The Labute approximate surface area is 142 Å². The average molecular weight is 321 g/mol. The number of hydrogen-bond acceptors (Lipinski definition) is 2. The lowest BCUT2D eigenvalue weighted by Gasteiger charge is -2.20. The Morgan fingerprint density at radius 3 is 2.50 bits per heavy atom. The number of amides is 1. The van der Waals surface area contributed by atoms with E-state index in [-0.39, 0.29) is 11.9 Å². The van der Waals surface area contributed by atoms with Crippen LogP contribution in [-0.4, -0.2) is 11.9 Å². The highest BCUT2D eigenvalue weighted by atomic mass is 16.3. The Hall–Kier alpha value is -2.29. The lowest BCUT2D eigenvalue weighted by molar-refractivity contribution is 0.0904. The highest BCUT2D eigenvalue weighted by molar-refractivity contribution is 6.08. The third-order valence-corrected chi connectivity index (χ3v) is 5.09. The van der Waals surface area contributed by atoms with E-state index >= 15 is 0 Å². The number of rotatable bonds is 2. The SMILES string of the molecule is O=C(NC1CCCCCCC1)c1cc2c(ccc3ccccc32)o1. The van der Waals surface area contributed by atoms with Crippen molar-refractivity contribution in [3.05, 3.63) is 48.2 Å². The van der Waals surface area contributed by atoms with Crippen LogP contribution in [0.25, 0.3) is 21.7 Å². The van der Waals surface area contributed by atoms with Gasteiger partial charge in [0.15, 0.2) is 5.76 Å². The molecule has 0 saturated heterocycles. The average Bonchev–Trinajstić information content (AvgIpc) is 3.02. The van der Waals surface area contributed by atoms with Crippen molar-refractivity contribution in [1.29, 1.82) is 0 Å². The van der Waals surface area contributed by atoms with Crippen LogP contribution in [0.15, 0.2) is 46.9 Å². The first-order chi connectivity index (χ1) is 11.8. The van der Waals surface area contributed by atoms with Gasteiger partial charge in [0, 0.05) is 11.4 Å². The molecule has 0 bridgehead atoms. The largest absolute Gasteiger partial charge is 0.451 e. The van der Waals surface area contributed by atoms with Crippen molar-refractivity contribution in [3.8, 4) is 0 Å². The zero-order valence-electron chi connectivity index (χ0n) is 13.9. The van der Waals surface area contributed by atoms with Gasteiger partial charge in [0.25, 0.3) is 5.91 Å². The van der Waals surface area contributed by atoms with Crippen molar-refractivity contribution >= 4 is 27.6 Å². The molecule has 1 heterocycles. The van der Waals surface area contributed by atoms with Gasteiger partial charge in [-0.25, -0.2) is 0 Å². The fourth-order valence-electron chi connectivity index (χ4n) is 3.76. The molecule has 1 fully saturated rings. The number of furan rings is 1. The molecule has 24 heavy (non-hydrogen) atoms. The Balaban J connectivity index is 1.59. The van der Waals surface area contributed by atoms with Crippen LogP contribution in [0.2, 0.25) is 0 Å². The second-order valence-electron chi connectivity index (χ2n) is 6.82. The highest BCUT2D eigenvalue weighted by Gasteiger charge is 2.18. The van der Waals surface area contributed by atoms with Gasteiger partial charge in [0.1, 0.15) is 5.58 Å². The van der Waals surface area contributed by atoms with E-state index in [1.54, 1.807) is 0 Å². The van der Waals surface area contributed by atoms with E-state index < -0.39 is 0 Å². The Bertz CT molecular complexity index is 857. The molecule has 0 atom stereocenters. The van der Waals surface area contributed by atoms with Gasteiger partial charge in [-0.15, -0.1) is 0 Å². The van der Waals surface area contributed by atoms with Crippen molar-refractivity contribution in [1.82, 2.24) is 5.32 Å². The molecule has 1 aromatic heterocycles. The summed E-state index contributed by atoms with van der Waals surface area (Å²) in [5.74, 6) is 0.337. The van der Waals surface area contributed by atoms with E-state index in [0.717, 1.165) is 34.6 Å². The van der Waals surface area contributed by atoms with Gasteiger partial charge in [-0.1, -0.05) is 62.4 Å². The molecule has 1 N–H and O–H groups in total. The lowest BCUT2D eigenvalue weighted by Crippen LogP contribution is -2.35. The molecule has 0 unspecified atom stereocenters. The summed E-state index contributed by atoms with van der Waals surface area (Å²) < 4.78 is 5.82. The fraction of sp³-hybridized carbons (Fsp3) is 0.381. The number of hydrogen-bond donors (Lipinski definition) is 1. The van der Waals surface area contributed by atoms with Crippen LogP contribution in [0.3, 0.4) is 0 Å². The van der Waals surface area contributed by atoms with E-state index in [1.807, 2.05) is 30.3 Å². The highest BCUT2D eigenvalue weighted by Crippen LogP contribution is 2.28. The first-order valence-corrected chi connectivity index (χ1v) is 9.03. The lowest BCUT2D eigenvalue weighted by atomic mass is 9.96. The molecule has 3 aromatic rings. The molecule has 2 aromatic carbocycles. The monoisotopic (exact) mass is 321 g/mol. The zero-order chi connectivity index (χ0) is 16.4. The van der Waals surface area contributed by atoms with Gasteiger partial charge in [-0.2, -0.15) is 0 Å². The topological polar surface area (TPSA) is 42.2 Å². The van der Waals surface area contributed by atoms with Gasteiger partial charge in [-0.05, 0) is 35.7 Å². The van der Waals surface area contributed by atoms with Crippen LogP contribution < -0.4 is 5.32 Å². The second-order valence-corrected chi connectivity index (χ2v) is 6.82. The number of nitrogens with one attached hydrogen (secondary N) is 1. The summed E-state index contributed by atoms with van der Waals surface area (Å²) in [6, 6.07) is 14.3. The summed E-state index contributed by atoms with van der Waals surface area (Å²) in [4.78, 5) is 12.6. The molecule has 3 nitrogen and oxygen atoms in total. The Morgan fingerprint density at radius 1 is 0.917 bits per heavy atom. The first kappa shape index (κ1) is 15.3. The van der Waals surface area contributed by atoms with E-state index in [0.29, 0.717) is 5.76 Å². The molecule has 1 aliphatic carbocycles. The molecule has 1 amide bonds. The van der Waals surface area contributed by atoms with E-state index in [9.17, 15) is 4.79 Å². The molecule has 0 radical (unpaired) electrons. The minimum Gasteiger partial charge on any atom is -0.451 e. The molecule has 3 heteroatoms. The molecule has 0 aliphatic heterocycles. The molecule has 0 spiro atoms.